The molecule has 21 heavy (non-hydrogen) atoms. The van der Waals surface area contributed by atoms with Gasteiger partial charge >= 0.3 is 0 Å². The van der Waals surface area contributed by atoms with Gasteiger partial charge in [-0.15, -0.1) is 11.3 Å². The summed E-state index contributed by atoms with van der Waals surface area (Å²) in [6, 6.07) is 10.4. The van der Waals surface area contributed by atoms with Crippen LogP contribution < -0.4 is 5.32 Å². The molecule has 112 valence electrons. The first-order valence-corrected chi connectivity index (χ1v) is 8.24. The molecule has 0 aliphatic rings. The van der Waals surface area contributed by atoms with Crippen LogP contribution in [-0.4, -0.2) is 5.91 Å². The third-order valence-corrected chi connectivity index (χ3v) is 4.72. The molecule has 1 amide bonds. The monoisotopic (exact) mass is 301 g/mol. The van der Waals surface area contributed by atoms with Crippen LogP contribution in [0, 0.1) is 19.8 Å². The Morgan fingerprint density at radius 1 is 1.19 bits per heavy atom. The fraction of sp³-hybridized carbons (Fsp3) is 0.389. The molecule has 0 fully saturated rings. The van der Waals surface area contributed by atoms with E-state index in [2.05, 4.69) is 56.6 Å². The number of amides is 1. The van der Waals surface area contributed by atoms with Gasteiger partial charge in [0, 0.05) is 4.88 Å². The van der Waals surface area contributed by atoms with Gasteiger partial charge in [-0.3, -0.25) is 4.79 Å². The number of thiophene rings is 1. The van der Waals surface area contributed by atoms with Gasteiger partial charge in [0.05, 0.1) is 12.5 Å². The predicted molar refractivity (Wildman–Crippen MR) is 89.7 cm³/mol. The normalized spacial score (nSPS) is 12.4. The van der Waals surface area contributed by atoms with Gasteiger partial charge in [0.1, 0.15) is 0 Å². The van der Waals surface area contributed by atoms with Crippen molar-refractivity contribution < 1.29 is 4.79 Å². The van der Waals surface area contributed by atoms with Gasteiger partial charge in [-0.1, -0.05) is 38.1 Å². The quantitative estimate of drug-likeness (QED) is 0.870. The van der Waals surface area contributed by atoms with Gasteiger partial charge in [-0.05, 0) is 47.9 Å². The minimum absolute atomic E-state index is 0.0883. The highest BCUT2D eigenvalue weighted by Gasteiger charge is 2.19. The van der Waals surface area contributed by atoms with Crippen molar-refractivity contribution in [2.75, 3.05) is 0 Å². The van der Waals surface area contributed by atoms with Crippen molar-refractivity contribution in [3.05, 3.63) is 57.3 Å². The van der Waals surface area contributed by atoms with E-state index < -0.39 is 0 Å². The number of rotatable bonds is 5. The molecule has 2 aromatic rings. The zero-order valence-corrected chi connectivity index (χ0v) is 14.0. The average molecular weight is 301 g/mol. The van der Waals surface area contributed by atoms with Crippen molar-refractivity contribution in [3.63, 3.8) is 0 Å². The van der Waals surface area contributed by atoms with E-state index in [0.717, 1.165) is 5.56 Å². The van der Waals surface area contributed by atoms with Crippen LogP contribution in [0.3, 0.4) is 0 Å². The largest absolute Gasteiger partial charge is 0.348 e. The van der Waals surface area contributed by atoms with Crippen molar-refractivity contribution in [1.82, 2.24) is 5.32 Å². The molecule has 1 heterocycles. The molecule has 0 saturated carbocycles. The predicted octanol–water partition coefficient (Wildman–Crippen LogP) is 4.42. The summed E-state index contributed by atoms with van der Waals surface area (Å²) in [4.78, 5) is 13.5. The number of hydrogen-bond donors (Lipinski definition) is 1. The molecule has 0 radical (unpaired) electrons. The Labute approximate surface area is 131 Å². The highest BCUT2D eigenvalue weighted by Crippen LogP contribution is 2.25. The zero-order valence-electron chi connectivity index (χ0n) is 13.1. The van der Waals surface area contributed by atoms with Crippen LogP contribution in [0.15, 0.2) is 35.7 Å². The van der Waals surface area contributed by atoms with Gasteiger partial charge in [0.2, 0.25) is 5.91 Å². The van der Waals surface area contributed by atoms with Crippen LogP contribution in [0.2, 0.25) is 0 Å². The summed E-state index contributed by atoms with van der Waals surface area (Å²) in [5, 5.41) is 5.23. The number of carbonyl (C=O) groups excluding carboxylic acids is 1. The van der Waals surface area contributed by atoms with Gasteiger partial charge < -0.3 is 5.32 Å². The van der Waals surface area contributed by atoms with Crippen molar-refractivity contribution in [1.29, 1.82) is 0 Å². The van der Waals surface area contributed by atoms with Gasteiger partial charge in [-0.25, -0.2) is 0 Å². The van der Waals surface area contributed by atoms with Crippen LogP contribution in [-0.2, 0) is 11.2 Å². The number of hydrogen-bond acceptors (Lipinski definition) is 2. The Hall–Kier alpha value is -1.61. The van der Waals surface area contributed by atoms with Crippen LogP contribution in [0.4, 0.5) is 0 Å². The number of aryl methyl sites for hydroxylation is 2. The molecular weight excluding hydrogens is 278 g/mol. The molecule has 3 heteroatoms. The van der Waals surface area contributed by atoms with E-state index in [4.69, 9.17) is 0 Å². The first kappa shape index (κ1) is 15.8. The van der Waals surface area contributed by atoms with E-state index in [1.54, 1.807) is 11.3 Å². The lowest BCUT2D eigenvalue weighted by molar-refractivity contribution is -0.121. The lowest BCUT2D eigenvalue weighted by Crippen LogP contribution is -2.32. The summed E-state index contributed by atoms with van der Waals surface area (Å²) >= 11 is 1.70. The molecule has 2 rings (SSSR count). The Balaban J connectivity index is 2.04. The van der Waals surface area contributed by atoms with E-state index in [0.29, 0.717) is 12.3 Å². The van der Waals surface area contributed by atoms with Crippen molar-refractivity contribution in [2.45, 2.75) is 40.2 Å². The Morgan fingerprint density at radius 3 is 2.52 bits per heavy atom. The van der Waals surface area contributed by atoms with Crippen molar-refractivity contribution in [3.8, 4) is 0 Å². The summed E-state index contributed by atoms with van der Waals surface area (Å²) in [5.41, 5.74) is 3.57. The van der Waals surface area contributed by atoms with Crippen molar-refractivity contribution in [2.24, 2.45) is 5.92 Å². The maximum atomic E-state index is 12.3. The van der Waals surface area contributed by atoms with E-state index in [-0.39, 0.29) is 11.9 Å². The third kappa shape index (κ3) is 4.18. The molecule has 1 atom stereocenters. The summed E-state index contributed by atoms with van der Waals surface area (Å²) in [5.74, 6) is 0.470. The van der Waals surface area contributed by atoms with E-state index in [1.807, 2.05) is 12.1 Å². The van der Waals surface area contributed by atoms with E-state index in [9.17, 15) is 4.79 Å². The molecule has 1 aromatic carbocycles. The highest BCUT2D eigenvalue weighted by molar-refractivity contribution is 7.10. The van der Waals surface area contributed by atoms with Crippen LogP contribution >= 0.6 is 11.3 Å². The number of nitrogens with one attached hydrogen (secondary N) is 1. The molecule has 0 unspecified atom stereocenters. The first-order valence-electron chi connectivity index (χ1n) is 7.36. The Kier molecular flexibility index (Phi) is 5.18. The molecule has 0 saturated heterocycles. The second-order valence-electron chi connectivity index (χ2n) is 5.90. The molecule has 0 aliphatic heterocycles. The molecule has 2 nitrogen and oxygen atoms in total. The van der Waals surface area contributed by atoms with Gasteiger partial charge in [0.15, 0.2) is 0 Å². The Bertz CT molecular complexity index is 602. The van der Waals surface area contributed by atoms with Crippen LogP contribution in [0.25, 0.3) is 0 Å². The van der Waals surface area contributed by atoms with Crippen LogP contribution in [0.1, 0.15) is 41.5 Å². The SMILES string of the molecule is Cc1ccc(CC(=O)N[C@H](c2cccs2)C(C)C)cc1C. The lowest BCUT2D eigenvalue weighted by Gasteiger charge is -2.21. The lowest BCUT2D eigenvalue weighted by atomic mass is 10.0. The molecule has 1 aromatic heterocycles. The van der Waals surface area contributed by atoms with Crippen LogP contribution in [0.5, 0.6) is 0 Å². The van der Waals surface area contributed by atoms with E-state index >= 15 is 0 Å². The van der Waals surface area contributed by atoms with Gasteiger partial charge in [0.25, 0.3) is 0 Å². The molecule has 0 spiro atoms. The molecule has 0 bridgehead atoms. The zero-order chi connectivity index (χ0) is 15.4. The summed E-state index contributed by atoms with van der Waals surface area (Å²) in [6.07, 6.45) is 0.440. The fourth-order valence-electron chi connectivity index (χ4n) is 2.36. The topological polar surface area (TPSA) is 29.1 Å². The first-order chi connectivity index (χ1) is 9.97. The molecule has 1 N–H and O–H groups in total. The second-order valence-corrected chi connectivity index (χ2v) is 6.88. The Morgan fingerprint density at radius 2 is 1.95 bits per heavy atom. The summed E-state index contributed by atoms with van der Waals surface area (Å²) in [7, 11) is 0. The summed E-state index contributed by atoms with van der Waals surface area (Å²) in [6.45, 7) is 8.45. The second kappa shape index (κ2) is 6.90. The molecule has 0 aliphatic carbocycles. The maximum Gasteiger partial charge on any atom is 0.224 e. The number of benzene rings is 1. The average Bonchev–Trinajstić information content (AvgIpc) is 2.93. The summed E-state index contributed by atoms with van der Waals surface area (Å²) < 4.78 is 0. The van der Waals surface area contributed by atoms with Crippen molar-refractivity contribution >= 4 is 17.2 Å². The minimum Gasteiger partial charge on any atom is -0.348 e. The maximum absolute atomic E-state index is 12.3. The third-order valence-electron chi connectivity index (χ3n) is 3.77. The standard InChI is InChI=1S/C18H23NOS/c1-12(2)18(16-6-5-9-21-16)19-17(20)11-15-8-7-13(3)14(4)10-15/h5-10,12,18H,11H2,1-4H3,(H,19,20)/t18-/m0/s1. The van der Waals surface area contributed by atoms with E-state index in [1.165, 1.54) is 16.0 Å². The fourth-order valence-corrected chi connectivity index (χ4v) is 3.31. The molecular formula is C18H23NOS. The number of carbonyl (C=O) groups is 1. The van der Waals surface area contributed by atoms with Gasteiger partial charge in [-0.2, -0.15) is 0 Å². The smallest absolute Gasteiger partial charge is 0.224 e. The minimum atomic E-state index is 0.0883. The highest BCUT2D eigenvalue weighted by atomic mass is 32.1.